The average Bonchev–Trinajstić information content (AvgIpc) is 3.13. The lowest BCUT2D eigenvalue weighted by Crippen LogP contribution is -2.54. The monoisotopic (exact) mass is 474 g/mol. The normalized spacial score (nSPS) is 17.0. The molecule has 9 heteroatoms. The summed E-state index contributed by atoms with van der Waals surface area (Å²) < 4.78 is 17.0. The summed E-state index contributed by atoms with van der Waals surface area (Å²) in [7, 11) is 1.49. The molecule has 0 unspecified atom stereocenters. The van der Waals surface area contributed by atoms with Crippen LogP contribution in [-0.2, 0) is 9.59 Å². The summed E-state index contributed by atoms with van der Waals surface area (Å²) in [5.74, 6) is 0.394. The fourth-order valence-corrected chi connectivity index (χ4v) is 3.88. The molecule has 7 nitrogen and oxygen atoms in total. The number of aryl methyl sites for hydroxylation is 1. The molecule has 1 fully saturated rings. The highest BCUT2D eigenvalue weighted by Gasteiger charge is 2.35. The van der Waals surface area contributed by atoms with Gasteiger partial charge in [0.25, 0.3) is 11.8 Å². The van der Waals surface area contributed by atoms with Crippen LogP contribution in [0.4, 0.5) is 5.69 Å². The number of methoxy groups -OCH3 is 1. The molecule has 2 amide bonds. The largest absolute Gasteiger partial charge is 0.496 e. The number of benzene rings is 2. The van der Waals surface area contributed by atoms with E-state index in [-0.39, 0.29) is 17.5 Å². The third-order valence-corrected chi connectivity index (χ3v) is 5.30. The zero-order valence-electron chi connectivity index (χ0n) is 15.4. The van der Waals surface area contributed by atoms with Crippen molar-refractivity contribution in [3.8, 4) is 17.2 Å². The number of hydrogen-bond acceptors (Lipinski definition) is 6. The van der Waals surface area contributed by atoms with Crippen molar-refractivity contribution in [2.24, 2.45) is 0 Å². The molecule has 0 atom stereocenters. The van der Waals surface area contributed by atoms with Gasteiger partial charge in [-0.15, -0.1) is 0 Å². The number of hydrogen-bond donors (Lipinski definition) is 1. The van der Waals surface area contributed by atoms with Crippen molar-refractivity contribution < 1.29 is 23.8 Å². The van der Waals surface area contributed by atoms with Crippen molar-refractivity contribution >= 4 is 56.8 Å². The maximum Gasteiger partial charge on any atom is 0.270 e. The van der Waals surface area contributed by atoms with Crippen molar-refractivity contribution in [3.05, 3.63) is 51.5 Å². The van der Waals surface area contributed by atoms with Gasteiger partial charge in [0.15, 0.2) is 16.6 Å². The molecule has 0 spiro atoms. The molecule has 148 valence electrons. The van der Waals surface area contributed by atoms with Gasteiger partial charge in [0.05, 0.1) is 12.8 Å². The summed E-state index contributed by atoms with van der Waals surface area (Å²) in [4.78, 5) is 27.1. The van der Waals surface area contributed by atoms with Gasteiger partial charge in [-0.3, -0.25) is 19.8 Å². The maximum atomic E-state index is 13.2. The smallest absolute Gasteiger partial charge is 0.270 e. The summed E-state index contributed by atoms with van der Waals surface area (Å²) in [5.41, 5.74) is 1.85. The van der Waals surface area contributed by atoms with Crippen molar-refractivity contribution in [2.75, 3.05) is 18.8 Å². The molecule has 1 N–H and O–H groups in total. The summed E-state index contributed by atoms with van der Waals surface area (Å²) >= 11 is 8.66. The Bertz CT molecular complexity index is 1100. The van der Waals surface area contributed by atoms with Crippen LogP contribution in [0.25, 0.3) is 6.08 Å². The quantitative estimate of drug-likeness (QED) is 0.417. The number of nitrogens with one attached hydrogen (secondary N) is 1. The van der Waals surface area contributed by atoms with E-state index in [9.17, 15) is 9.59 Å². The molecule has 2 aromatic carbocycles. The maximum absolute atomic E-state index is 13.2. The van der Waals surface area contributed by atoms with Crippen LogP contribution in [-0.4, -0.2) is 30.8 Å². The van der Waals surface area contributed by atoms with E-state index in [1.807, 2.05) is 13.0 Å². The van der Waals surface area contributed by atoms with Crippen LogP contribution in [0, 0.1) is 6.92 Å². The number of halogens is 1. The molecule has 2 aliphatic heterocycles. The second-order valence-corrected chi connectivity index (χ2v) is 7.64. The molecule has 0 aromatic heterocycles. The van der Waals surface area contributed by atoms with E-state index in [0.29, 0.717) is 28.5 Å². The SMILES string of the molecule is COc1cc2c(cc1C=C1C(=O)NC(=S)N(c3ccc(Br)cc3C)C1=O)OCO2. The predicted octanol–water partition coefficient (Wildman–Crippen LogP) is 3.33. The summed E-state index contributed by atoms with van der Waals surface area (Å²) in [5, 5.41) is 2.61. The third-order valence-electron chi connectivity index (χ3n) is 4.53. The Balaban J connectivity index is 1.78. The van der Waals surface area contributed by atoms with E-state index in [1.165, 1.54) is 18.1 Å². The second kappa shape index (κ2) is 7.49. The van der Waals surface area contributed by atoms with E-state index < -0.39 is 11.8 Å². The summed E-state index contributed by atoms with van der Waals surface area (Å²) in [6, 6.07) is 8.75. The number of nitrogens with zero attached hydrogens (tertiary/aromatic N) is 1. The first-order valence-corrected chi connectivity index (χ1v) is 9.74. The van der Waals surface area contributed by atoms with Gasteiger partial charge in [-0.25, -0.2) is 0 Å². The van der Waals surface area contributed by atoms with Crippen LogP contribution in [0.3, 0.4) is 0 Å². The van der Waals surface area contributed by atoms with Gasteiger partial charge in [-0.05, 0) is 55.0 Å². The Hall–Kier alpha value is -2.91. The molecule has 2 aromatic rings. The summed E-state index contributed by atoms with van der Waals surface area (Å²) in [6.07, 6.45) is 1.46. The molecule has 2 aliphatic rings. The summed E-state index contributed by atoms with van der Waals surface area (Å²) in [6.45, 7) is 1.96. The highest BCUT2D eigenvalue weighted by atomic mass is 79.9. The first kappa shape index (κ1) is 19.4. The Labute approximate surface area is 180 Å². The Morgan fingerprint density at radius 1 is 1.21 bits per heavy atom. The van der Waals surface area contributed by atoms with Gasteiger partial charge in [0, 0.05) is 16.1 Å². The van der Waals surface area contributed by atoms with E-state index in [0.717, 1.165) is 10.0 Å². The minimum Gasteiger partial charge on any atom is -0.496 e. The number of ether oxygens (including phenoxy) is 3. The molecule has 1 saturated heterocycles. The topological polar surface area (TPSA) is 77.1 Å². The fourth-order valence-electron chi connectivity index (χ4n) is 3.13. The highest BCUT2D eigenvalue weighted by Crippen LogP contribution is 2.39. The van der Waals surface area contributed by atoms with Crippen LogP contribution in [0.15, 0.2) is 40.4 Å². The van der Waals surface area contributed by atoms with Gasteiger partial charge in [-0.2, -0.15) is 0 Å². The Morgan fingerprint density at radius 3 is 2.62 bits per heavy atom. The van der Waals surface area contributed by atoms with Crippen LogP contribution in [0.2, 0.25) is 0 Å². The molecule has 29 heavy (non-hydrogen) atoms. The minimum absolute atomic E-state index is 0.0280. The number of rotatable bonds is 3. The fraction of sp³-hybridized carbons (Fsp3) is 0.150. The van der Waals surface area contributed by atoms with Crippen LogP contribution < -0.4 is 24.4 Å². The first-order valence-electron chi connectivity index (χ1n) is 8.54. The molecule has 0 saturated carbocycles. The molecule has 4 rings (SSSR count). The van der Waals surface area contributed by atoms with E-state index >= 15 is 0 Å². The van der Waals surface area contributed by atoms with Gasteiger partial charge in [0.1, 0.15) is 11.3 Å². The zero-order chi connectivity index (χ0) is 20.7. The van der Waals surface area contributed by atoms with Gasteiger partial charge < -0.3 is 14.2 Å². The van der Waals surface area contributed by atoms with Crippen molar-refractivity contribution in [1.29, 1.82) is 0 Å². The minimum atomic E-state index is -0.578. The average molecular weight is 475 g/mol. The standard InChI is InChI=1S/C20H15BrN2O5S/c1-10-5-12(21)3-4-14(10)23-19(25)13(18(24)22-20(23)29)6-11-7-16-17(28-9-27-16)8-15(11)26-2/h3-8H,9H2,1-2H3,(H,22,24,29). The molecule has 2 heterocycles. The van der Waals surface area contributed by atoms with E-state index in [1.54, 1.807) is 24.3 Å². The number of carbonyl (C=O) groups excluding carboxylic acids is 2. The number of thiocarbonyl (C=S) groups is 1. The van der Waals surface area contributed by atoms with E-state index in [4.69, 9.17) is 26.4 Å². The first-order chi connectivity index (χ1) is 13.9. The highest BCUT2D eigenvalue weighted by molar-refractivity contribution is 9.10. The molecular weight excluding hydrogens is 460 g/mol. The molecule has 0 bridgehead atoms. The number of fused-ring (bicyclic) bond motifs is 1. The zero-order valence-corrected chi connectivity index (χ0v) is 17.8. The van der Waals surface area contributed by atoms with Gasteiger partial charge in [0.2, 0.25) is 6.79 Å². The van der Waals surface area contributed by atoms with Crippen LogP contribution in [0.1, 0.15) is 11.1 Å². The van der Waals surface area contributed by atoms with Crippen LogP contribution in [0.5, 0.6) is 17.2 Å². The van der Waals surface area contributed by atoms with Crippen molar-refractivity contribution in [1.82, 2.24) is 5.32 Å². The van der Waals surface area contributed by atoms with Crippen molar-refractivity contribution in [3.63, 3.8) is 0 Å². The number of carbonyl (C=O) groups is 2. The number of amides is 2. The van der Waals surface area contributed by atoms with Gasteiger partial charge >= 0.3 is 0 Å². The lowest BCUT2D eigenvalue weighted by Gasteiger charge is -2.30. The number of anilines is 1. The molecule has 0 radical (unpaired) electrons. The van der Waals surface area contributed by atoms with Crippen molar-refractivity contribution in [2.45, 2.75) is 6.92 Å². The lowest BCUT2D eigenvalue weighted by atomic mass is 10.0. The Kier molecular flexibility index (Phi) is 5.01. The predicted molar refractivity (Wildman–Crippen MR) is 114 cm³/mol. The third kappa shape index (κ3) is 3.47. The van der Waals surface area contributed by atoms with Crippen LogP contribution >= 0.6 is 28.1 Å². The van der Waals surface area contributed by atoms with Gasteiger partial charge in [-0.1, -0.05) is 15.9 Å². The Morgan fingerprint density at radius 2 is 1.93 bits per heavy atom. The lowest BCUT2D eigenvalue weighted by molar-refractivity contribution is -0.122. The second-order valence-electron chi connectivity index (χ2n) is 6.34. The molecular formula is C20H15BrN2O5S. The van der Waals surface area contributed by atoms with E-state index in [2.05, 4.69) is 21.2 Å². The molecule has 0 aliphatic carbocycles.